The van der Waals surface area contributed by atoms with Crippen molar-refractivity contribution in [3.8, 4) is 0 Å². The molecule has 0 amide bonds. The molecule has 6 nitrogen and oxygen atoms in total. The summed E-state index contributed by atoms with van der Waals surface area (Å²) < 4.78 is 2.41. The zero-order chi connectivity index (χ0) is 13.1. The highest BCUT2D eigenvalue weighted by molar-refractivity contribution is 9.10. The highest BCUT2D eigenvalue weighted by Gasteiger charge is 2.14. The third-order valence-corrected chi connectivity index (χ3v) is 3.98. The van der Waals surface area contributed by atoms with Crippen molar-refractivity contribution >= 4 is 33.5 Å². The Bertz CT molecular complexity index is 598. The van der Waals surface area contributed by atoms with Crippen LogP contribution in [0.3, 0.4) is 0 Å². The number of hydrogen-bond acceptors (Lipinski definition) is 5. The summed E-state index contributed by atoms with van der Waals surface area (Å²) >= 11 is 4.78. The molecule has 3 N–H and O–H groups in total. The Balaban J connectivity index is 2.45. The van der Waals surface area contributed by atoms with Crippen LogP contribution in [0.15, 0.2) is 44.2 Å². The minimum Gasteiger partial charge on any atom is -0.409 e. The lowest BCUT2D eigenvalue weighted by Crippen LogP contribution is -2.15. The van der Waals surface area contributed by atoms with Crippen LogP contribution in [0.2, 0.25) is 0 Å². The topological polar surface area (TPSA) is 89.3 Å². The number of halogens is 1. The summed E-state index contributed by atoms with van der Waals surface area (Å²) in [6.45, 7) is 0. The van der Waals surface area contributed by atoms with Crippen molar-refractivity contribution in [1.82, 2.24) is 14.8 Å². The van der Waals surface area contributed by atoms with E-state index in [4.69, 9.17) is 10.9 Å². The van der Waals surface area contributed by atoms with Gasteiger partial charge >= 0.3 is 0 Å². The number of amidine groups is 1. The van der Waals surface area contributed by atoms with Crippen LogP contribution in [0.5, 0.6) is 0 Å². The fraction of sp³-hybridized carbons (Fsp3) is 0.100. The average molecular weight is 328 g/mol. The summed E-state index contributed by atoms with van der Waals surface area (Å²) in [6, 6.07) is 5.57. The normalized spacial score (nSPS) is 11.8. The molecule has 0 saturated heterocycles. The van der Waals surface area contributed by atoms with Crippen molar-refractivity contribution in [2.24, 2.45) is 17.9 Å². The van der Waals surface area contributed by atoms with Gasteiger partial charge in [0.2, 0.25) is 0 Å². The first kappa shape index (κ1) is 12.9. The highest BCUT2D eigenvalue weighted by Crippen LogP contribution is 2.32. The molecule has 0 fully saturated rings. The first-order chi connectivity index (χ1) is 8.63. The lowest BCUT2D eigenvalue weighted by molar-refractivity contribution is 0.318. The smallest absolute Gasteiger partial charge is 0.190 e. The fourth-order valence-corrected chi connectivity index (χ4v) is 3.00. The summed E-state index contributed by atoms with van der Waals surface area (Å²) in [5, 5.41) is 16.6. The molecule has 0 aliphatic heterocycles. The molecule has 2 rings (SSSR count). The SMILES string of the molecule is Cn1ncnc1Sc1cccc(Br)c1/C(N)=N/O. The quantitative estimate of drug-likeness (QED) is 0.388. The third-order valence-electron chi connectivity index (χ3n) is 2.21. The summed E-state index contributed by atoms with van der Waals surface area (Å²) in [4.78, 5) is 4.95. The van der Waals surface area contributed by atoms with Gasteiger partial charge in [0, 0.05) is 22.0 Å². The molecule has 2 aromatic rings. The van der Waals surface area contributed by atoms with Crippen LogP contribution in [0.1, 0.15) is 5.56 Å². The van der Waals surface area contributed by atoms with Gasteiger partial charge in [0.25, 0.3) is 0 Å². The lowest BCUT2D eigenvalue weighted by Gasteiger charge is -2.09. The van der Waals surface area contributed by atoms with Gasteiger partial charge in [-0.15, -0.1) is 0 Å². The van der Waals surface area contributed by atoms with E-state index in [1.807, 2.05) is 18.2 Å². The highest BCUT2D eigenvalue weighted by atomic mass is 79.9. The number of rotatable bonds is 3. The molecule has 0 unspecified atom stereocenters. The van der Waals surface area contributed by atoms with E-state index in [-0.39, 0.29) is 5.84 Å². The molecule has 0 bridgehead atoms. The van der Waals surface area contributed by atoms with Crippen LogP contribution in [0, 0.1) is 0 Å². The van der Waals surface area contributed by atoms with E-state index in [1.54, 1.807) is 11.7 Å². The van der Waals surface area contributed by atoms with E-state index < -0.39 is 0 Å². The molecule has 1 aromatic heterocycles. The first-order valence-corrected chi connectivity index (χ1v) is 6.52. The van der Waals surface area contributed by atoms with Gasteiger partial charge in [0.05, 0.1) is 0 Å². The number of nitrogens with two attached hydrogens (primary N) is 1. The molecule has 18 heavy (non-hydrogen) atoms. The maximum absolute atomic E-state index is 8.82. The number of aryl methyl sites for hydroxylation is 1. The Kier molecular flexibility index (Phi) is 3.87. The second kappa shape index (κ2) is 5.40. The number of oxime groups is 1. The van der Waals surface area contributed by atoms with Crippen LogP contribution < -0.4 is 5.73 Å². The van der Waals surface area contributed by atoms with Gasteiger partial charge in [-0.3, -0.25) is 0 Å². The van der Waals surface area contributed by atoms with Crippen molar-refractivity contribution in [3.63, 3.8) is 0 Å². The second-order valence-corrected chi connectivity index (χ2v) is 5.23. The van der Waals surface area contributed by atoms with Crippen molar-refractivity contribution in [2.45, 2.75) is 10.1 Å². The largest absolute Gasteiger partial charge is 0.409 e. The summed E-state index contributed by atoms with van der Waals surface area (Å²) in [7, 11) is 1.80. The van der Waals surface area contributed by atoms with Crippen LogP contribution in [0.25, 0.3) is 0 Å². The van der Waals surface area contributed by atoms with Crippen LogP contribution in [-0.4, -0.2) is 25.8 Å². The number of benzene rings is 1. The fourth-order valence-electron chi connectivity index (χ4n) is 1.36. The molecule has 0 radical (unpaired) electrons. The van der Waals surface area contributed by atoms with Gasteiger partial charge < -0.3 is 10.9 Å². The Morgan fingerprint density at radius 1 is 1.56 bits per heavy atom. The molecule has 1 aromatic carbocycles. The zero-order valence-corrected chi connectivity index (χ0v) is 11.8. The lowest BCUT2D eigenvalue weighted by atomic mass is 10.2. The molecule has 0 spiro atoms. The second-order valence-electron chi connectivity index (χ2n) is 3.37. The van der Waals surface area contributed by atoms with Crippen molar-refractivity contribution in [2.75, 3.05) is 0 Å². The Morgan fingerprint density at radius 3 is 2.94 bits per heavy atom. The van der Waals surface area contributed by atoms with Gasteiger partial charge in [0.1, 0.15) is 6.33 Å². The molecule has 0 atom stereocenters. The Labute approximate surface area is 116 Å². The Morgan fingerprint density at radius 2 is 2.33 bits per heavy atom. The molecule has 0 aliphatic rings. The van der Waals surface area contributed by atoms with Crippen molar-refractivity contribution < 1.29 is 5.21 Å². The number of nitrogens with zero attached hydrogens (tertiary/aromatic N) is 4. The first-order valence-electron chi connectivity index (χ1n) is 4.91. The van der Waals surface area contributed by atoms with E-state index in [0.717, 1.165) is 14.5 Å². The van der Waals surface area contributed by atoms with E-state index >= 15 is 0 Å². The third kappa shape index (κ3) is 2.49. The molecule has 0 saturated carbocycles. The van der Waals surface area contributed by atoms with Crippen LogP contribution in [0.4, 0.5) is 0 Å². The van der Waals surface area contributed by atoms with Gasteiger partial charge in [0.15, 0.2) is 11.0 Å². The van der Waals surface area contributed by atoms with E-state index in [9.17, 15) is 0 Å². The molecular weight excluding hydrogens is 318 g/mol. The van der Waals surface area contributed by atoms with E-state index in [2.05, 4.69) is 31.2 Å². The van der Waals surface area contributed by atoms with Crippen LogP contribution in [-0.2, 0) is 7.05 Å². The van der Waals surface area contributed by atoms with Crippen LogP contribution >= 0.6 is 27.7 Å². The van der Waals surface area contributed by atoms with E-state index in [0.29, 0.717) is 5.56 Å². The molecule has 0 aliphatic carbocycles. The summed E-state index contributed by atoms with van der Waals surface area (Å²) in [5.74, 6) is 0.0483. The average Bonchev–Trinajstić information content (AvgIpc) is 2.74. The zero-order valence-electron chi connectivity index (χ0n) is 9.41. The predicted molar refractivity (Wildman–Crippen MR) is 71.8 cm³/mol. The summed E-state index contributed by atoms with van der Waals surface area (Å²) in [6.07, 6.45) is 1.48. The van der Waals surface area contributed by atoms with Crippen molar-refractivity contribution in [3.05, 3.63) is 34.6 Å². The van der Waals surface area contributed by atoms with E-state index in [1.165, 1.54) is 18.1 Å². The predicted octanol–water partition coefficient (Wildman–Crippen LogP) is 1.82. The van der Waals surface area contributed by atoms with Gasteiger partial charge in [-0.1, -0.05) is 11.2 Å². The maximum Gasteiger partial charge on any atom is 0.190 e. The minimum atomic E-state index is 0.0483. The summed E-state index contributed by atoms with van der Waals surface area (Å²) in [5.41, 5.74) is 6.31. The molecule has 1 heterocycles. The maximum atomic E-state index is 8.82. The molecular formula is C10H10BrN5OS. The Hall–Kier alpha value is -1.54. The van der Waals surface area contributed by atoms with Crippen molar-refractivity contribution in [1.29, 1.82) is 0 Å². The minimum absolute atomic E-state index is 0.0483. The molecule has 8 heteroatoms. The number of aromatic nitrogens is 3. The van der Waals surface area contributed by atoms with Gasteiger partial charge in [-0.2, -0.15) is 5.10 Å². The molecule has 94 valence electrons. The van der Waals surface area contributed by atoms with Gasteiger partial charge in [-0.25, -0.2) is 9.67 Å². The monoisotopic (exact) mass is 327 g/mol. The number of hydrogen-bond donors (Lipinski definition) is 2. The standard InChI is InChI=1S/C10H10BrN5OS/c1-16-10(13-5-14-16)18-7-4-2-3-6(11)8(7)9(12)15-17/h2-5,17H,1H3,(H2,12,15). The van der Waals surface area contributed by atoms with Gasteiger partial charge in [-0.05, 0) is 39.8 Å².